The van der Waals surface area contributed by atoms with Crippen molar-refractivity contribution in [1.29, 1.82) is 0 Å². The van der Waals surface area contributed by atoms with Crippen molar-refractivity contribution >= 4 is 0 Å². The van der Waals surface area contributed by atoms with Crippen molar-refractivity contribution in [2.24, 2.45) is 7.05 Å². The van der Waals surface area contributed by atoms with Gasteiger partial charge in [0, 0.05) is 12.1 Å². The Morgan fingerprint density at radius 3 is 2.83 bits per heavy atom. The Morgan fingerprint density at radius 2 is 2.17 bits per heavy atom. The van der Waals surface area contributed by atoms with Crippen LogP contribution in [-0.2, 0) is 13.5 Å². The van der Waals surface area contributed by atoms with Gasteiger partial charge in [-0.15, -0.1) is 6.58 Å². The van der Waals surface area contributed by atoms with Gasteiger partial charge < -0.3 is 0 Å². The standard InChI is InChI=1S/C14H13F2N2/c1-3-6-10-9-12(15)17-14(16)13(10)11-7-4-5-8-18(11)2/h3-5,7-9H,1,6H2,2H3/q+1. The lowest BCUT2D eigenvalue weighted by molar-refractivity contribution is -0.660. The SMILES string of the molecule is C=CCc1cc(F)nc(F)c1-c1cccc[n+]1C. The average molecular weight is 247 g/mol. The Bertz CT molecular complexity index is 594. The van der Waals surface area contributed by atoms with E-state index in [1.807, 2.05) is 6.07 Å². The molecule has 2 rings (SSSR count). The van der Waals surface area contributed by atoms with Gasteiger partial charge in [0.25, 0.3) is 0 Å². The van der Waals surface area contributed by atoms with Gasteiger partial charge in [-0.05, 0) is 24.1 Å². The summed E-state index contributed by atoms with van der Waals surface area (Å²) in [7, 11) is 1.80. The van der Waals surface area contributed by atoms with Crippen molar-refractivity contribution in [3.8, 4) is 11.3 Å². The van der Waals surface area contributed by atoms with Crippen LogP contribution >= 0.6 is 0 Å². The number of aromatic nitrogens is 2. The molecule has 0 aliphatic rings. The van der Waals surface area contributed by atoms with Gasteiger partial charge >= 0.3 is 0 Å². The van der Waals surface area contributed by atoms with E-state index in [2.05, 4.69) is 11.6 Å². The van der Waals surface area contributed by atoms with Crippen molar-refractivity contribution in [1.82, 2.24) is 4.98 Å². The largest absolute Gasteiger partial charge is 0.229 e. The molecule has 0 aromatic carbocycles. The van der Waals surface area contributed by atoms with Gasteiger partial charge in [0.05, 0.1) is 0 Å². The number of pyridine rings is 2. The fourth-order valence-electron chi connectivity index (χ4n) is 1.90. The van der Waals surface area contributed by atoms with Gasteiger partial charge in [0.2, 0.25) is 17.6 Å². The first-order valence-corrected chi connectivity index (χ1v) is 5.54. The fourth-order valence-corrected chi connectivity index (χ4v) is 1.90. The molecule has 18 heavy (non-hydrogen) atoms. The first-order chi connectivity index (χ1) is 8.63. The van der Waals surface area contributed by atoms with E-state index in [4.69, 9.17) is 0 Å². The van der Waals surface area contributed by atoms with Crippen molar-refractivity contribution in [3.05, 3.63) is 60.6 Å². The summed E-state index contributed by atoms with van der Waals surface area (Å²) >= 11 is 0. The number of aryl methyl sites for hydroxylation is 1. The zero-order valence-electron chi connectivity index (χ0n) is 10.0. The van der Waals surface area contributed by atoms with E-state index < -0.39 is 11.9 Å². The van der Waals surface area contributed by atoms with Crippen LogP contribution in [0.2, 0.25) is 0 Å². The van der Waals surface area contributed by atoms with Crippen LogP contribution in [0.4, 0.5) is 8.78 Å². The average Bonchev–Trinajstić information content (AvgIpc) is 2.31. The number of nitrogens with zero attached hydrogens (tertiary/aromatic N) is 2. The summed E-state index contributed by atoms with van der Waals surface area (Å²) in [5.41, 5.74) is 1.51. The Morgan fingerprint density at radius 1 is 1.39 bits per heavy atom. The number of hydrogen-bond acceptors (Lipinski definition) is 1. The Labute approximate surface area is 104 Å². The van der Waals surface area contributed by atoms with Gasteiger partial charge in [-0.3, -0.25) is 0 Å². The second-order valence-corrected chi connectivity index (χ2v) is 3.96. The second kappa shape index (κ2) is 5.04. The summed E-state index contributed by atoms with van der Waals surface area (Å²) in [5, 5.41) is 0. The fraction of sp³-hybridized carbons (Fsp3) is 0.143. The molecule has 0 N–H and O–H groups in total. The molecule has 0 spiro atoms. The number of rotatable bonds is 3. The van der Waals surface area contributed by atoms with Crippen LogP contribution in [0.25, 0.3) is 11.3 Å². The molecule has 0 fully saturated rings. The summed E-state index contributed by atoms with van der Waals surface area (Å²) in [5.74, 6) is -1.61. The molecule has 2 aromatic rings. The first kappa shape index (κ1) is 12.4. The molecule has 4 heteroatoms. The second-order valence-electron chi connectivity index (χ2n) is 3.96. The monoisotopic (exact) mass is 247 g/mol. The Hall–Kier alpha value is -2.10. The third-order valence-corrected chi connectivity index (χ3v) is 2.70. The molecule has 2 heterocycles. The summed E-state index contributed by atoms with van der Waals surface area (Å²) < 4.78 is 28.8. The lowest BCUT2D eigenvalue weighted by Gasteiger charge is -2.07. The maximum absolute atomic E-state index is 13.9. The maximum Gasteiger partial charge on any atom is 0.229 e. The molecule has 0 saturated carbocycles. The van der Waals surface area contributed by atoms with E-state index in [1.54, 1.807) is 36.0 Å². The highest BCUT2D eigenvalue weighted by Gasteiger charge is 2.20. The molecule has 0 radical (unpaired) electrons. The molecule has 0 bridgehead atoms. The maximum atomic E-state index is 13.9. The summed E-state index contributed by atoms with van der Waals surface area (Å²) in [6.07, 6.45) is 3.80. The minimum Gasteiger partial charge on any atom is -0.201 e. The zero-order chi connectivity index (χ0) is 13.1. The highest BCUT2D eigenvalue weighted by Crippen LogP contribution is 2.24. The van der Waals surface area contributed by atoms with E-state index in [0.29, 0.717) is 23.2 Å². The molecular weight excluding hydrogens is 234 g/mol. The summed E-state index contributed by atoms with van der Waals surface area (Å²) in [4.78, 5) is 3.25. The zero-order valence-corrected chi connectivity index (χ0v) is 10.0. The quantitative estimate of drug-likeness (QED) is 0.463. The highest BCUT2D eigenvalue weighted by atomic mass is 19.1. The third kappa shape index (κ3) is 2.27. The highest BCUT2D eigenvalue weighted by molar-refractivity contribution is 5.61. The summed E-state index contributed by atoms with van der Waals surface area (Å²) in [6, 6.07) is 6.65. The first-order valence-electron chi connectivity index (χ1n) is 5.54. The van der Waals surface area contributed by atoms with E-state index in [9.17, 15) is 8.78 Å². The molecule has 0 atom stereocenters. The van der Waals surface area contributed by atoms with Gasteiger partial charge in [0.1, 0.15) is 12.6 Å². The smallest absolute Gasteiger partial charge is 0.201 e. The predicted molar refractivity (Wildman–Crippen MR) is 64.7 cm³/mol. The Balaban J connectivity index is 2.69. The van der Waals surface area contributed by atoms with E-state index in [1.165, 1.54) is 6.07 Å². The normalized spacial score (nSPS) is 10.4. The number of allylic oxidation sites excluding steroid dienone is 1. The molecule has 2 nitrogen and oxygen atoms in total. The number of hydrogen-bond donors (Lipinski definition) is 0. The minimum atomic E-state index is -0.813. The molecule has 0 amide bonds. The van der Waals surface area contributed by atoms with Crippen LogP contribution in [0, 0.1) is 11.9 Å². The van der Waals surface area contributed by atoms with Crippen LogP contribution < -0.4 is 4.57 Å². The molecule has 0 aliphatic carbocycles. The lowest BCUT2D eigenvalue weighted by Crippen LogP contribution is -2.30. The summed E-state index contributed by atoms with van der Waals surface area (Å²) in [6.45, 7) is 3.60. The van der Waals surface area contributed by atoms with E-state index in [-0.39, 0.29) is 0 Å². The van der Waals surface area contributed by atoms with E-state index >= 15 is 0 Å². The van der Waals surface area contributed by atoms with Crippen LogP contribution in [-0.4, -0.2) is 4.98 Å². The lowest BCUT2D eigenvalue weighted by atomic mass is 10.0. The molecule has 92 valence electrons. The van der Waals surface area contributed by atoms with Crippen molar-refractivity contribution in [2.45, 2.75) is 6.42 Å². The number of halogens is 2. The van der Waals surface area contributed by atoms with Crippen LogP contribution in [0.1, 0.15) is 5.56 Å². The van der Waals surface area contributed by atoms with Gasteiger partial charge in [-0.25, -0.2) is 4.57 Å². The minimum absolute atomic E-state index is 0.319. The van der Waals surface area contributed by atoms with Crippen LogP contribution in [0.5, 0.6) is 0 Å². The van der Waals surface area contributed by atoms with Crippen molar-refractivity contribution < 1.29 is 13.3 Å². The van der Waals surface area contributed by atoms with Crippen LogP contribution in [0.15, 0.2) is 43.1 Å². The Kier molecular flexibility index (Phi) is 3.46. The van der Waals surface area contributed by atoms with Crippen molar-refractivity contribution in [2.75, 3.05) is 0 Å². The van der Waals surface area contributed by atoms with Crippen LogP contribution in [0.3, 0.4) is 0 Å². The predicted octanol–water partition coefficient (Wildman–Crippen LogP) is 2.58. The van der Waals surface area contributed by atoms with Crippen molar-refractivity contribution in [3.63, 3.8) is 0 Å². The molecule has 2 aromatic heterocycles. The topological polar surface area (TPSA) is 16.8 Å². The molecule has 0 unspecified atom stereocenters. The molecule has 0 saturated heterocycles. The van der Waals surface area contributed by atoms with E-state index in [0.717, 1.165) is 0 Å². The van der Waals surface area contributed by atoms with Gasteiger partial charge in [-0.1, -0.05) is 6.08 Å². The third-order valence-electron chi connectivity index (χ3n) is 2.70. The van der Waals surface area contributed by atoms with Gasteiger partial charge in [0.15, 0.2) is 6.20 Å². The molecular formula is C14H13F2N2+. The van der Waals surface area contributed by atoms with Gasteiger partial charge in [-0.2, -0.15) is 13.8 Å². The molecule has 0 aliphatic heterocycles.